The van der Waals surface area contributed by atoms with Crippen LogP contribution >= 0.6 is 0 Å². The Bertz CT molecular complexity index is 669. The second-order valence-electron chi connectivity index (χ2n) is 5.42. The molecule has 0 radical (unpaired) electrons. The Hall–Kier alpha value is -1.90. The van der Waals surface area contributed by atoms with E-state index in [9.17, 15) is 4.79 Å². The van der Waals surface area contributed by atoms with Gasteiger partial charge in [0.15, 0.2) is 0 Å². The van der Waals surface area contributed by atoms with Gasteiger partial charge < -0.3 is 4.98 Å². The van der Waals surface area contributed by atoms with Crippen molar-refractivity contribution < 1.29 is 0 Å². The third-order valence-corrected chi connectivity index (χ3v) is 3.42. The first-order valence-corrected chi connectivity index (χ1v) is 6.58. The largest absolute Gasteiger partial charge is 0.310 e. The highest BCUT2D eigenvalue weighted by Crippen LogP contribution is 2.24. The zero-order valence-corrected chi connectivity index (χ0v) is 12.2. The third kappa shape index (κ3) is 2.75. The molecule has 3 heteroatoms. The maximum Gasteiger partial charge on any atom is 0.251 e. The van der Waals surface area contributed by atoms with Gasteiger partial charge in [-0.25, -0.2) is 4.98 Å². The van der Waals surface area contributed by atoms with Crippen molar-refractivity contribution in [3.63, 3.8) is 0 Å². The van der Waals surface area contributed by atoms with Crippen LogP contribution < -0.4 is 5.56 Å². The molecule has 100 valence electrons. The van der Waals surface area contributed by atoms with Crippen LogP contribution in [0.2, 0.25) is 0 Å². The van der Waals surface area contributed by atoms with Crippen molar-refractivity contribution in [1.82, 2.24) is 9.97 Å². The summed E-state index contributed by atoms with van der Waals surface area (Å²) in [5, 5.41) is 0. The monoisotopic (exact) mass is 256 g/mol. The predicted octanol–water partition coefficient (Wildman–Crippen LogP) is 3.49. The number of H-pyrrole nitrogens is 1. The van der Waals surface area contributed by atoms with Gasteiger partial charge in [-0.2, -0.15) is 0 Å². The number of hydrogen-bond donors (Lipinski definition) is 1. The number of hydrogen-bond acceptors (Lipinski definition) is 2. The van der Waals surface area contributed by atoms with Crippen LogP contribution in [-0.4, -0.2) is 9.97 Å². The first-order chi connectivity index (χ1) is 8.88. The van der Waals surface area contributed by atoms with Gasteiger partial charge in [-0.1, -0.05) is 19.9 Å². The lowest BCUT2D eigenvalue weighted by Crippen LogP contribution is -2.12. The van der Waals surface area contributed by atoms with E-state index in [1.807, 2.05) is 13.8 Å². The van der Waals surface area contributed by atoms with Crippen molar-refractivity contribution >= 4 is 0 Å². The Labute approximate surface area is 113 Å². The van der Waals surface area contributed by atoms with Crippen LogP contribution in [0.5, 0.6) is 0 Å². The van der Waals surface area contributed by atoms with Gasteiger partial charge in [0.05, 0.1) is 5.69 Å². The fourth-order valence-corrected chi connectivity index (χ4v) is 2.12. The van der Waals surface area contributed by atoms with Gasteiger partial charge in [0, 0.05) is 17.5 Å². The van der Waals surface area contributed by atoms with E-state index in [0.717, 1.165) is 22.6 Å². The summed E-state index contributed by atoms with van der Waals surface area (Å²) in [6.45, 7) is 10.3. The number of benzene rings is 1. The molecule has 3 nitrogen and oxygen atoms in total. The average molecular weight is 256 g/mol. The number of nitrogens with zero attached hydrogens (tertiary/aromatic N) is 1. The molecule has 2 rings (SSSR count). The van der Waals surface area contributed by atoms with Crippen molar-refractivity contribution in [3.8, 4) is 11.3 Å². The summed E-state index contributed by atoms with van der Waals surface area (Å²) in [5.41, 5.74) is 5.33. The molecular formula is C16H20N2O. The molecule has 1 aromatic carbocycles. The second kappa shape index (κ2) is 5.00. The van der Waals surface area contributed by atoms with Crippen LogP contribution in [0.4, 0.5) is 0 Å². The molecule has 0 unspecified atom stereocenters. The van der Waals surface area contributed by atoms with Crippen molar-refractivity contribution in [2.24, 2.45) is 0 Å². The van der Waals surface area contributed by atoms with Gasteiger partial charge in [0.1, 0.15) is 5.82 Å². The van der Waals surface area contributed by atoms with Gasteiger partial charge >= 0.3 is 0 Å². The highest BCUT2D eigenvalue weighted by Gasteiger charge is 2.10. The highest BCUT2D eigenvalue weighted by atomic mass is 16.1. The predicted molar refractivity (Wildman–Crippen MR) is 78.6 cm³/mol. The summed E-state index contributed by atoms with van der Waals surface area (Å²) in [5.74, 6) is 0.944. The van der Waals surface area contributed by atoms with Gasteiger partial charge in [0.25, 0.3) is 5.56 Å². The number of nitrogens with one attached hydrogen (secondary N) is 1. The normalized spacial score (nSPS) is 11.1. The Morgan fingerprint density at radius 2 is 1.63 bits per heavy atom. The summed E-state index contributed by atoms with van der Waals surface area (Å²) in [6, 6.07) is 5.82. The van der Waals surface area contributed by atoms with Gasteiger partial charge in [-0.15, -0.1) is 0 Å². The molecule has 0 amide bonds. The van der Waals surface area contributed by atoms with E-state index in [1.165, 1.54) is 11.1 Å². The summed E-state index contributed by atoms with van der Waals surface area (Å²) < 4.78 is 0. The Balaban J connectivity index is 2.65. The molecule has 1 heterocycles. The highest BCUT2D eigenvalue weighted by molar-refractivity contribution is 5.65. The minimum absolute atomic E-state index is 0.0914. The smallest absolute Gasteiger partial charge is 0.251 e. The fraction of sp³-hybridized carbons (Fsp3) is 0.375. The molecule has 0 fully saturated rings. The maximum atomic E-state index is 11.8. The standard InChI is InChI=1S/C16H20N2O/c1-9(2)16-17-14(8-15(19)18-16)13-7-11(4)10(3)6-12(13)5/h6-9H,1-5H3,(H,17,18,19). The molecule has 2 aromatic rings. The van der Waals surface area contributed by atoms with Gasteiger partial charge in [-0.05, 0) is 43.5 Å². The number of aromatic amines is 1. The van der Waals surface area contributed by atoms with E-state index >= 15 is 0 Å². The Morgan fingerprint density at radius 1 is 1.00 bits per heavy atom. The van der Waals surface area contributed by atoms with Gasteiger partial charge in [0.2, 0.25) is 0 Å². The van der Waals surface area contributed by atoms with Crippen LogP contribution in [0.25, 0.3) is 11.3 Å². The zero-order chi connectivity index (χ0) is 14.2. The molecule has 0 saturated carbocycles. The van der Waals surface area contributed by atoms with E-state index in [2.05, 4.69) is 42.9 Å². The van der Waals surface area contributed by atoms with E-state index in [4.69, 9.17) is 0 Å². The van der Waals surface area contributed by atoms with Gasteiger partial charge in [-0.3, -0.25) is 4.79 Å². The molecule has 0 saturated heterocycles. The fourth-order valence-electron chi connectivity index (χ4n) is 2.12. The Kier molecular flexibility index (Phi) is 3.56. The van der Waals surface area contributed by atoms with E-state index in [1.54, 1.807) is 6.07 Å². The average Bonchev–Trinajstić information content (AvgIpc) is 2.33. The van der Waals surface area contributed by atoms with Crippen LogP contribution in [-0.2, 0) is 0 Å². The summed E-state index contributed by atoms with van der Waals surface area (Å²) in [4.78, 5) is 19.1. The summed E-state index contributed by atoms with van der Waals surface area (Å²) >= 11 is 0. The number of rotatable bonds is 2. The topological polar surface area (TPSA) is 45.8 Å². The lowest BCUT2D eigenvalue weighted by Gasteiger charge is -2.11. The molecular weight excluding hydrogens is 236 g/mol. The molecule has 1 aromatic heterocycles. The molecule has 0 aliphatic carbocycles. The number of aromatic nitrogens is 2. The lowest BCUT2D eigenvalue weighted by molar-refractivity contribution is 0.768. The van der Waals surface area contributed by atoms with E-state index < -0.39 is 0 Å². The van der Waals surface area contributed by atoms with Crippen LogP contribution in [0.3, 0.4) is 0 Å². The quantitative estimate of drug-likeness (QED) is 0.894. The van der Waals surface area contributed by atoms with E-state index in [0.29, 0.717) is 0 Å². The molecule has 0 spiro atoms. The van der Waals surface area contributed by atoms with Crippen molar-refractivity contribution in [1.29, 1.82) is 0 Å². The molecule has 0 aliphatic rings. The van der Waals surface area contributed by atoms with Crippen molar-refractivity contribution in [3.05, 3.63) is 51.1 Å². The third-order valence-electron chi connectivity index (χ3n) is 3.42. The SMILES string of the molecule is Cc1cc(C)c(-c2cc(=O)[nH]c(C(C)C)n2)cc1C. The molecule has 0 bridgehead atoms. The summed E-state index contributed by atoms with van der Waals surface area (Å²) in [6.07, 6.45) is 0. The minimum atomic E-state index is -0.0914. The molecule has 0 atom stereocenters. The van der Waals surface area contributed by atoms with Crippen LogP contribution in [0.1, 0.15) is 42.3 Å². The molecule has 1 N–H and O–H groups in total. The first kappa shape index (κ1) is 13.5. The minimum Gasteiger partial charge on any atom is -0.310 e. The van der Waals surface area contributed by atoms with E-state index in [-0.39, 0.29) is 11.5 Å². The van der Waals surface area contributed by atoms with Crippen LogP contribution in [0.15, 0.2) is 23.0 Å². The first-order valence-electron chi connectivity index (χ1n) is 6.58. The molecule has 0 aliphatic heterocycles. The molecule has 19 heavy (non-hydrogen) atoms. The maximum absolute atomic E-state index is 11.8. The number of aryl methyl sites for hydroxylation is 3. The van der Waals surface area contributed by atoms with Crippen molar-refractivity contribution in [2.45, 2.75) is 40.5 Å². The Morgan fingerprint density at radius 3 is 2.26 bits per heavy atom. The zero-order valence-electron chi connectivity index (χ0n) is 12.2. The second-order valence-corrected chi connectivity index (χ2v) is 5.42. The summed E-state index contributed by atoms with van der Waals surface area (Å²) in [7, 11) is 0. The van der Waals surface area contributed by atoms with Crippen molar-refractivity contribution in [2.75, 3.05) is 0 Å². The lowest BCUT2D eigenvalue weighted by atomic mass is 9.98. The van der Waals surface area contributed by atoms with Crippen LogP contribution in [0, 0.1) is 20.8 Å².